The second-order valence-corrected chi connectivity index (χ2v) is 7.61. The van der Waals surface area contributed by atoms with Gasteiger partial charge in [-0.2, -0.15) is 0 Å². The van der Waals surface area contributed by atoms with Crippen molar-refractivity contribution in [1.29, 1.82) is 0 Å². The van der Waals surface area contributed by atoms with Gasteiger partial charge in [-0.3, -0.25) is 9.89 Å². The van der Waals surface area contributed by atoms with Crippen molar-refractivity contribution >= 4 is 5.96 Å². The zero-order chi connectivity index (χ0) is 20.0. The van der Waals surface area contributed by atoms with Gasteiger partial charge in [-0.15, -0.1) is 0 Å². The van der Waals surface area contributed by atoms with Crippen LogP contribution in [0.3, 0.4) is 0 Å². The molecule has 6 heteroatoms. The number of benzene rings is 1. The summed E-state index contributed by atoms with van der Waals surface area (Å²) in [6.07, 6.45) is 5.10. The van der Waals surface area contributed by atoms with Gasteiger partial charge < -0.3 is 20.3 Å². The molecule has 0 spiro atoms. The Morgan fingerprint density at radius 1 is 1.11 bits per heavy atom. The summed E-state index contributed by atoms with van der Waals surface area (Å²) in [6.45, 7) is 8.02. The Balaban J connectivity index is 1.75. The molecule has 0 bridgehead atoms. The summed E-state index contributed by atoms with van der Waals surface area (Å²) in [5.74, 6) is 0.859. The number of ether oxygens (including phenoxy) is 1. The van der Waals surface area contributed by atoms with E-state index in [1.165, 1.54) is 43.5 Å². The summed E-state index contributed by atoms with van der Waals surface area (Å²) in [5, 5.41) is 6.89. The molecule has 0 saturated carbocycles. The number of guanidine groups is 1. The van der Waals surface area contributed by atoms with Crippen molar-refractivity contribution in [3.63, 3.8) is 0 Å². The third kappa shape index (κ3) is 8.59. The molecule has 2 rings (SSSR count). The van der Waals surface area contributed by atoms with Crippen molar-refractivity contribution in [2.75, 3.05) is 60.5 Å². The van der Waals surface area contributed by atoms with Crippen LogP contribution in [0.2, 0.25) is 0 Å². The summed E-state index contributed by atoms with van der Waals surface area (Å²) in [4.78, 5) is 9.26. The van der Waals surface area contributed by atoms with E-state index in [1.54, 1.807) is 7.11 Å². The third-order valence-corrected chi connectivity index (χ3v) is 5.31. The standard InChI is InChI=1S/C22H39N5O/c1-23-22(24-12-16-26(2)13-9-17-28-3)25-18-20-10-5-6-11-21(20)19-27-14-7-4-8-15-27/h5-6,10-11H,4,7-9,12-19H2,1-3H3,(H2,23,24,25). The predicted molar refractivity (Wildman–Crippen MR) is 118 cm³/mol. The zero-order valence-corrected chi connectivity index (χ0v) is 18.0. The molecule has 0 atom stereocenters. The number of hydrogen-bond donors (Lipinski definition) is 2. The maximum Gasteiger partial charge on any atom is 0.191 e. The molecule has 0 aliphatic carbocycles. The van der Waals surface area contributed by atoms with Crippen molar-refractivity contribution in [3.05, 3.63) is 35.4 Å². The van der Waals surface area contributed by atoms with E-state index in [9.17, 15) is 0 Å². The molecule has 0 radical (unpaired) electrons. The lowest BCUT2D eigenvalue weighted by Gasteiger charge is -2.27. The van der Waals surface area contributed by atoms with Gasteiger partial charge >= 0.3 is 0 Å². The fourth-order valence-electron chi connectivity index (χ4n) is 3.60. The Labute approximate surface area is 171 Å². The minimum Gasteiger partial charge on any atom is -0.385 e. The van der Waals surface area contributed by atoms with Gasteiger partial charge in [-0.25, -0.2) is 0 Å². The fraction of sp³-hybridized carbons (Fsp3) is 0.682. The maximum absolute atomic E-state index is 5.11. The number of hydrogen-bond acceptors (Lipinski definition) is 4. The van der Waals surface area contributed by atoms with Crippen molar-refractivity contribution in [2.24, 2.45) is 4.99 Å². The number of nitrogens with one attached hydrogen (secondary N) is 2. The highest BCUT2D eigenvalue weighted by molar-refractivity contribution is 5.79. The van der Waals surface area contributed by atoms with Crippen LogP contribution in [0.4, 0.5) is 0 Å². The van der Waals surface area contributed by atoms with Gasteiger partial charge in [-0.1, -0.05) is 30.7 Å². The Hall–Kier alpha value is -1.63. The molecule has 0 unspecified atom stereocenters. The van der Waals surface area contributed by atoms with Crippen molar-refractivity contribution in [1.82, 2.24) is 20.4 Å². The fourth-order valence-corrected chi connectivity index (χ4v) is 3.60. The molecule has 1 heterocycles. The number of rotatable bonds is 11. The van der Waals surface area contributed by atoms with Gasteiger partial charge in [0.25, 0.3) is 0 Å². The molecule has 2 N–H and O–H groups in total. The molecule has 28 heavy (non-hydrogen) atoms. The molecule has 1 aliphatic heterocycles. The number of methoxy groups -OCH3 is 1. The molecule has 1 aromatic carbocycles. The number of nitrogens with zero attached hydrogens (tertiary/aromatic N) is 3. The Kier molecular flexibility index (Phi) is 10.9. The van der Waals surface area contributed by atoms with Crippen molar-refractivity contribution < 1.29 is 4.74 Å². The molecule has 1 aromatic rings. The number of aliphatic imine (C=N–C) groups is 1. The van der Waals surface area contributed by atoms with Crippen LogP contribution in [0.25, 0.3) is 0 Å². The van der Waals surface area contributed by atoms with E-state index in [0.717, 1.165) is 51.7 Å². The van der Waals surface area contributed by atoms with E-state index in [0.29, 0.717) is 0 Å². The van der Waals surface area contributed by atoms with Crippen molar-refractivity contribution in [3.8, 4) is 0 Å². The number of likely N-dealkylation sites (tertiary alicyclic amines) is 1. The minimum absolute atomic E-state index is 0.799. The predicted octanol–water partition coefficient (Wildman–Crippen LogP) is 2.31. The molecule has 1 aliphatic rings. The molecular weight excluding hydrogens is 350 g/mol. The Morgan fingerprint density at radius 2 is 1.86 bits per heavy atom. The van der Waals surface area contributed by atoms with Crippen LogP contribution in [-0.2, 0) is 17.8 Å². The van der Waals surface area contributed by atoms with E-state index < -0.39 is 0 Å². The van der Waals surface area contributed by atoms with Crippen LogP contribution >= 0.6 is 0 Å². The van der Waals surface area contributed by atoms with Crippen LogP contribution in [-0.4, -0.2) is 76.3 Å². The minimum atomic E-state index is 0.799. The summed E-state index contributed by atoms with van der Waals surface area (Å²) >= 11 is 0. The first-order valence-electron chi connectivity index (χ1n) is 10.6. The van der Waals surface area contributed by atoms with Gasteiger partial charge in [0.1, 0.15) is 0 Å². The van der Waals surface area contributed by atoms with Gasteiger partial charge in [0.2, 0.25) is 0 Å². The molecule has 0 amide bonds. The topological polar surface area (TPSA) is 52.1 Å². The highest BCUT2D eigenvalue weighted by Gasteiger charge is 2.12. The molecule has 1 fully saturated rings. The molecular formula is C22H39N5O. The smallest absolute Gasteiger partial charge is 0.191 e. The zero-order valence-electron chi connectivity index (χ0n) is 18.0. The lowest BCUT2D eigenvalue weighted by Crippen LogP contribution is -2.41. The first-order valence-corrected chi connectivity index (χ1v) is 10.6. The van der Waals surface area contributed by atoms with E-state index >= 15 is 0 Å². The van der Waals surface area contributed by atoms with Crippen LogP contribution in [0.5, 0.6) is 0 Å². The van der Waals surface area contributed by atoms with Gasteiger partial charge in [0.05, 0.1) is 0 Å². The number of likely N-dealkylation sites (N-methyl/N-ethyl adjacent to an activating group) is 1. The van der Waals surface area contributed by atoms with Crippen LogP contribution in [0.15, 0.2) is 29.3 Å². The van der Waals surface area contributed by atoms with Crippen LogP contribution in [0, 0.1) is 0 Å². The third-order valence-electron chi connectivity index (χ3n) is 5.31. The SMILES string of the molecule is CN=C(NCCN(C)CCCOC)NCc1ccccc1CN1CCCCC1. The van der Waals surface area contributed by atoms with Gasteiger partial charge in [-0.05, 0) is 50.5 Å². The molecule has 0 aromatic heterocycles. The average Bonchev–Trinajstić information content (AvgIpc) is 2.72. The maximum atomic E-state index is 5.11. The Bertz CT molecular complexity index is 572. The first-order chi connectivity index (χ1) is 13.7. The second-order valence-electron chi connectivity index (χ2n) is 7.61. The second kappa shape index (κ2) is 13.5. The van der Waals surface area contributed by atoms with E-state index in [-0.39, 0.29) is 0 Å². The van der Waals surface area contributed by atoms with Crippen LogP contribution < -0.4 is 10.6 Å². The quantitative estimate of drug-likeness (QED) is 0.346. The lowest BCUT2D eigenvalue weighted by molar-refractivity contribution is 0.180. The van der Waals surface area contributed by atoms with Gasteiger partial charge in [0.15, 0.2) is 5.96 Å². The van der Waals surface area contributed by atoms with E-state index in [1.807, 2.05) is 7.05 Å². The summed E-state index contributed by atoms with van der Waals surface area (Å²) < 4.78 is 5.11. The first kappa shape index (κ1) is 22.7. The molecule has 158 valence electrons. The molecule has 1 saturated heterocycles. The van der Waals surface area contributed by atoms with E-state index in [4.69, 9.17) is 4.74 Å². The monoisotopic (exact) mass is 389 g/mol. The average molecular weight is 390 g/mol. The lowest BCUT2D eigenvalue weighted by atomic mass is 10.0. The van der Waals surface area contributed by atoms with Crippen LogP contribution in [0.1, 0.15) is 36.8 Å². The van der Waals surface area contributed by atoms with Crippen molar-refractivity contribution in [2.45, 2.75) is 38.8 Å². The summed E-state index contributed by atoms with van der Waals surface area (Å²) in [6, 6.07) is 8.76. The van der Waals surface area contributed by atoms with Gasteiger partial charge in [0, 0.05) is 53.5 Å². The summed E-state index contributed by atoms with van der Waals surface area (Å²) in [7, 11) is 5.73. The number of piperidine rings is 1. The Morgan fingerprint density at radius 3 is 2.57 bits per heavy atom. The highest BCUT2D eigenvalue weighted by Crippen LogP contribution is 2.16. The largest absolute Gasteiger partial charge is 0.385 e. The highest BCUT2D eigenvalue weighted by atomic mass is 16.5. The molecule has 6 nitrogen and oxygen atoms in total. The normalized spacial score (nSPS) is 15.8. The summed E-state index contributed by atoms with van der Waals surface area (Å²) in [5.41, 5.74) is 2.78. The van der Waals surface area contributed by atoms with E-state index in [2.05, 4.69) is 56.7 Å².